The Morgan fingerprint density at radius 1 is 1.39 bits per heavy atom. The Bertz CT molecular complexity index is 367. The van der Waals surface area contributed by atoms with E-state index in [9.17, 15) is 0 Å². The standard InChI is InChI=1S/C15H24N2O/c1-2-18-14-7-3-5-12(9-14)11-17-15-8-4-6-13(15)10-16/h3,5,7,9,13,15,17H,2,4,6,8,10-11,16H2,1H3. The zero-order valence-corrected chi connectivity index (χ0v) is 11.2. The van der Waals surface area contributed by atoms with Crippen LogP contribution in [0.1, 0.15) is 31.7 Å². The van der Waals surface area contributed by atoms with E-state index in [1.54, 1.807) is 0 Å². The van der Waals surface area contributed by atoms with Crippen LogP contribution in [0.25, 0.3) is 0 Å². The molecule has 2 unspecified atom stereocenters. The Hall–Kier alpha value is -1.06. The highest BCUT2D eigenvalue weighted by Crippen LogP contribution is 2.25. The van der Waals surface area contributed by atoms with Crippen LogP contribution in [0, 0.1) is 5.92 Å². The van der Waals surface area contributed by atoms with E-state index in [4.69, 9.17) is 10.5 Å². The molecule has 2 rings (SSSR count). The average Bonchev–Trinajstić information content (AvgIpc) is 2.84. The maximum Gasteiger partial charge on any atom is 0.119 e. The second-order valence-electron chi connectivity index (χ2n) is 4.99. The molecular weight excluding hydrogens is 224 g/mol. The van der Waals surface area contributed by atoms with Crippen LogP contribution in [0.2, 0.25) is 0 Å². The van der Waals surface area contributed by atoms with Gasteiger partial charge in [-0.2, -0.15) is 0 Å². The zero-order chi connectivity index (χ0) is 12.8. The van der Waals surface area contributed by atoms with E-state index in [0.717, 1.165) is 25.4 Å². The third-order valence-corrected chi connectivity index (χ3v) is 3.74. The van der Waals surface area contributed by atoms with Crippen LogP contribution in [0.3, 0.4) is 0 Å². The predicted molar refractivity (Wildman–Crippen MR) is 74.6 cm³/mol. The lowest BCUT2D eigenvalue weighted by molar-refractivity contribution is 0.339. The van der Waals surface area contributed by atoms with Crippen molar-refractivity contribution in [3.63, 3.8) is 0 Å². The van der Waals surface area contributed by atoms with Crippen molar-refractivity contribution in [1.82, 2.24) is 5.32 Å². The van der Waals surface area contributed by atoms with Crippen molar-refractivity contribution in [2.45, 2.75) is 38.8 Å². The van der Waals surface area contributed by atoms with Gasteiger partial charge in [-0.25, -0.2) is 0 Å². The molecule has 3 N–H and O–H groups in total. The van der Waals surface area contributed by atoms with Crippen molar-refractivity contribution in [2.75, 3.05) is 13.2 Å². The normalized spacial score (nSPS) is 23.2. The molecule has 3 heteroatoms. The summed E-state index contributed by atoms with van der Waals surface area (Å²) in [7, 11) is 0. The van der Waals surface area contributed by atoms with Gasteiger partial charge < -0.3 is 15.8 Å². The molecule has 0 aliphatic heterocycles. The van der Waals surface area contributed by atoms with Gasteiger partial charge in [-0.1, -0.05) is 18.6 Å². The summed E-state index contributed by atoms with van der Waals surface area (Å²) < 4.78 is 5.51. The van der Waals surface area contributed by atoms with Gasteiger partial charge >= 0.3 is 0 Å². The van der Waals surface area contributed by atoms with Crippen molar-refractivity contribution in [1.29, 1.82) is 0 Å². The summed E-state index contributed by atoms with van der Waals surface area (Å²) >= 11 is 0. The van der Waals surface area contributed by atoms with Crippen LogP contribution in [-0.2, 0) is 6.54 Å². The first-order valence-corrected chi connectivity index (χ1v) is 6.98. The molecular formula is C15H24N2O. The number of nitrogens with two attached hydrogens (primary N) is 1. The average molecular weight is 248 g/mol. The topological polar surface area (TPSA) is 47.3 Å². The molecule has 1 saturated carbocycles. The van der Waals surface area contributed by atoms with Gasteiger partial charge in [0.25, 0.3) is 0 Å². The van der Waals surface area contributed by atoms with E-state index < -0.39 is 0 Å². The molecule has 1 aromatic rings. The third-order valence-electron chi connectivity index (χ3n) is 3.74. The summed E-state index contributed by atoms with van der Waals surface area (Å²) in [6.07, 6.45) is 3.83. The first kappa shape index (κ1) is 13.4. The molecule has 2 atom stereocenters. The molecule has 100 valence electrons. The first-order chi connectivity index (χ1) is 8.83. The number of ether oxygens (including phenoxy) is 1. The van der Waals surface area contributed by atoms with E-state index in [2.05, 4.69) is 23.5 Å². The number of hydrogen-bond donors (Lipinski definition) is 2. The summed E-state index contributed by atoms with van der Waals surface area (Å²) in [4.78, 5) is 0. The van der Waals surface area contributed by atoms with E-state index in [-0.39, 0.29) is 0 Å². The maximum atomic E-state index is 5.80. The van der Waals surface area contributed by atoms with Crippen LogP contribution in [0.5, 0.6) is 5.75 Å². The van der Waals surface area contributed by atoms with Crippen LogP contribution >= 0.6 is 0 Å². The van der Waals surface area contributed by atoms with Crippen molar-refractivity contribution in [3.05, 3.63) is 29.8 Å². The molecule has 18 heavy (non-hydrogen) atoms. The Kier molecular flexibility index (Phi) is 5.02. The van der Waals surface area contributed by atoms with E-state index in [1.807, 2.05) is 13.0 Å². The van der Waals surface area contributed by atoms with Crippen molar-refractivity contribution in [3.8, 4) is 5.75 Å². The smallest absolute Gasteiger partial charge is 0.119 e. The van der Waals surface area contributed by atoms with Crippen molar-refractivity contribution >= 4 is 0 Å². The Morgan fingerprint density at radius 2 is 2.28 bits per heavy atom. The number of nitrogens with one attached hydrogen (secondary N) is 1. The lowest BCUT2D eigenvalue weighted by atomic mass is 10.0. The fraction of sp³-hybridized carbons (Fsp3) is 0.600. The quantitative estimate of drug-likeness (QED) is 0.812. The summed E-state index contributed by atoms with van der Waals surface area (Å²) in [6.45, 7) is 4.43. The van der Waals surface area contributed by atoms with Crippen LogP contribution in [-0.4, -0.2) is 19.2 Å². The molecule has 1 aliphatic carbocycles. The lowest BCUT2D eigenvalue weighted by Gasteiger charge is -2.19. The van der Waals surface area contributed by atoms with Crippen LogP contribution in [0.4, 0.5) is 0 Å². The SMILES string of the molecule is CCOc1cccc(CNC2CCCC2CN)c1. The maximum absolute atomic E-state index is 5.80. The Labute approximate surface area is 110 Å². The molecule has 1 fully saturated rings. The lowest BCUT2D eigenvalue weighted by Crippen LogP contribution is -2.35. The highest BCUT2D eigenvalue weighted by molar-refractivity contribution is 5.28. The van der Waals surface area contributed by atoms with Gasteiger partial charge in [0.15, 0.2) is 0 Å². The summed E-state index contributed by atoms with van der Waals surface area (Å²) in [5.74, 6) is 1.61. The highest BCUT2D eigenvalue weighted by Gasteiger charge is 2.25. The second-order valence-corrected chi connectivity index (χ2v) is 4.99. The molecule has 0 aromatic heterocycles. The Balaban J connectivity index is 1.87. The molecule has 0 bridgehead atoms. The van der Waals surface area contributed by atoms with Crippen LogP contribution in [0.15, 0.2) is 24.3 Å². The third kappa shape index (κ3) is 3.47. The molecule has 0 heterocycles. The second kappa shape index (κ2) is 6.76. The van der Waals surface area contributed by atoms with E-state index >= 15 is 0 Å². The van der Waals surface area contributed by atoms with Gasteiger partial charge in [0.1, 0.15) is 5.75 Å². The van der Waals surface area contributed by atoms with Gasteiger partial charge in [-0.3, -0.25) is 0 Å². The Morgan fingerprint density at radius 3 is 3.06 bits per heavy atom. The fourth-order valence-corrected chi connectivity index (χ4v) is 2.75. The summed E-state index contributed by atoms with van der Waals surface area (Å²) in [5, 5.41) is 3.63. The van der Waals surface area contributed by atoms with E-state index in [1.165, 1.54) is 24.8 Å². The summed E-state index contributed by atoms with van der Waals surface area (Å²) in [6, 6.07) is 8.90. The van der Waals surface area contributed by atoms with Gasteiger partial charge in [0.05, 0.1) is 6.61 Å². The minimum atomic E-state index is 0.589. The molecule has 1 aliphatic rings. The largest absolute Gasteiger partial charge is 0.494 e. The molecule has 1 aromatic carbocycles. The molecule has 0 saturated heterocycles. The number of rotatable bonds is 6. The summed E-state index contributed by atoms with van der Waals surface area (Å²) in [5.41, 5.74) is 7.08. The van der Waals surface area contributed by atoms with E-state index in [0.29, 0.717) is 12.0 Å². The number of hydrogen-bond acceptors (Lipinski definition) is 3. The van der Waals surface area contributed by atoms with Gasteiger partial charge in [-0.15, -0.1) is 0 Å². The van der Waals surface area contributed by atoms with Crippen molar-refractivity contribution < 1.29 is 4.74 Å². The zero-order valence-electron chi connectivity index (χ0n) is 11.2. The van der Waals surface area contributed by atoms with Crippen LogP contribution < -0.4 is 15.8 Å². The molecule has 0 spiro atoms. The van der Waals surface area contributed by atoms with Gasteiger partial charge in [0.2, 0.25) is 0 Å². The predicted octanol–water partition coefficient (Wildman–Crippen LogP) is 2.30. The van der Waals surface area contributed by atoms with Gasteiger partial charge in [0, 0.05) is 12.6 Å². The molecule has 0 amide bonds. The minimum Gasteiger partial charge on any atom is -0.494 e. The monoisotopic (exact) mass is 248 g/mol. The fourth-order valence-electron chi connectivity index (χ4n) is 2.75. The molecule has 0 radical (unpaired) electrons. The molecule has 3 nitrogen and oxygen atoms in total. The van der Waals surface area contributed by atoms with Crippen molar-refractivity contribution in [2.24, 2.45) is 11.7 Å². The minimum absolute atomic E-state index is 0.589. The highest BCUT2D eigenvalue weighted by atomic mass is 16.5. The van der Waals surface area contributed by atoms with Gasteiger partial charge in [-0.05, 0) is 49.9 Å². The number of benzene rings is 1. The first-order valence-electron chi connectivity index (χ1n) is 6.98.